The summed E-state index contributed by atoms with van der Waals surface area (Å²) < 4.78 is 5.18. The smallest absolute Gasteiger partial charge is 0.261 e. The molecule has 0 saturated heterocycles. The Morgan fingerprint density at radius 3 is 2.71 bits per heavy atom. The third-order valence-electron chi connectivity index (χ3n) is 2.17. The lowest BCUT2D eigenvalue weighted by Gasteiger charge is -2.09. The summed E-state index contributed by atoms with van der Waals surface area (Å²) in [6, 6.07) is 0. The first-order valence-corrected chi connectivity index (χ1v) is 6.38. The molecule has 2 aromatic heterocycles. The zero-order valence-corrected chi connectivity index (χ0v) is 11.3. The van der Waals surface area contributed by atoms with Gasteiger partial charge >= 0.3 is 0 Å². The molecule has 2 aromatic rings. The van der Waals surface area contributed by atoms with Crippen LogP contribution in [-0.4, -0.2) is 15.0 Å². The molecule has 0 N–H and O–H groups in total. The predicted octanol–water partition coefficient (Wildman–Crippen LogP) is 3.70. The summed E-state index contributed by atoms with van der Waals surface area (Å²) in [5.74, 6) is 0.965. The van der Waals surface area contributed by atoms with E-state index in [9.17, 15) is 0 Å². The van der Waals surface area contributed by atoms with Crippen LogP contribution in [0.15, 0.2) is 27.1 Å². The molecule has 0 aliphatic rings. The van der Waals surface area contributed by atoms with Gasteiger partial charge in [0.2, 0.25) is 0 Å². The lowest BCUT2D eigenvalue weighted by Crippen LogP contribution is -2.01. The van der Waals surface area contributed by atoms with E-state index in [0.717, 1.165) is 16.4 Å². The van der Waals surface area contributed by atoms with Crippen molar-refractivity contribution in [3.8, 4) is 0 Å². The second kappa shape index (κ2) is 5.06. The molecule has 0 radical (unpaired) electrons. The van der Waals surface area contributed by atoms with Gasteiger partial charge in [-0.15, -0.1) is 0 Å². The highest BCUT2D eigenvalue weighted by molar-refractivity contribution is 7.99. The largest absolute Gasteiger partial charge is 0.440 e. The van der Waals surface area contributed by atoms with Gasteiger partial charge in [-0.2, -0.15) is 0 Å². The summed E-state index contributed by atoms with van der Waals surface area (Å²) >= 11 is 7.44. The Hall–Kier alpha value is -1.07. The van der Waals surface area contributed by atoms with E-state index in [0.29, 0.717) is 10.4 Å². The Morgan fingerprint density at radius 2 is 2.12 bits per heavy atom. The van der Waals surface area contributed by atoms with Crippen LogP contribution in [0, 0.1) is 6.92 Å². The summed E-state index contributed by atoms with van der Waals surface area (Å²) in [7, 11) is 0. The SMILES string of the molecule is Cc1c(Cl)nc(C(C)C)nc1Sc1ncco1. The molecular formula is C11H12ClN3OS. The van der Waals surface area contributed by atoms with Gasteiger partial charge in [-0.3, -0.25) is 0 Å². The van der Waals surface area contributed by atoms with Crippen LogP contribution in [0.2, 0.25) is 5.15 Å². The molecule has 0 fully saturated rings. The lowest BCUT2D eigenvalue weighted by molar-refractivity contribution is 0.453. The number of hydrogen-bond acceptors (Lipinski definition) is 5. The van der Waals surface area contributed by atoms with E-state index in [1.807, 2.05) is 20.8 Å². The van der Waals surface area contributed by atoms with Crippen molar-refractivity contribution in [2.24, 2.45) is 0 Å². The second-order valence-corrected chi connectivity index (χ2v) is 5.16. The van der Waals surface area contributed by atoms with Gasteiger partial charge in [0.05, 0.1) is 6.20 Å². The quantitative estimate of drug-likeness (QED) is 0.795. The van der Waals surface area contributed by atoms with E-state index in [1.54, 1.807) is 6.20 Å². The van der Waals surface area contributed by atoms with Crippen LogP contribution in [0.4, 0.5) is 0 Å². The van der Waals surface area contributed by atoms with E-state index in [1.165, 1.54) is 18.0 Å². The molecule has 0 aliphatic heterocycles. The van der Waals surface area contributed by atoms with Gasteiger partial charge in [0.25, 0.3) is 5.22 Å². The highest BCUT2D eigenvalue weighted by Gasteiger charge is 2.14. The minimum Gasteiger partial charge on any atom is -0.440 e. The highest BCUT2D eigenvalue weighted by Crippen LogP contribution is 2.31. The van der Waals surface area contributed by atoms with Crippen LogP contribution in [0.25, 0.3) is 0 Å². The van der Waals surface area contributed by atoms with E-state index >= 15 is 0 Å². The third kappa shape index (κ3) is 2.79. The van der Waals surface area contributed by atoms with Gasteiger partial charge in [-0.05, 0) is 18.7 Å². The number of hydrogen-bond donors (Lipinski definition) is 0. The molecule has 2 rings (SSSR count). The molecule has 90 valence electrons. The van der Waals surface area contributed by atoms with Crippen molar-refractivity contribution in [2.75, 3.05) is 0 Å². The van der Waals surface area contributed by atoms with Crippen molar-refractivity contribution in [3.05, 3.63) is 29.0 Å². The van der Waals surface area contributed by atoms with Crippen LogP contribution >= 0.6 is 23.4 Å². The fourth-order valence-corrected chi connectivity index (χ4v) is 2.19. The average molecular weight is 270 g/mol. The zero-order chi connectivity index (χ0) is 12.4. The van der Waals surface area contributed by atoms with Crippen molar-refractivity contribution in [1.82, 2.24) is 15.0 Å². The molecule has 0 saturated carbocycles. The molecule has 0 unspecified atom stereocenters. The molecule has 4 nitrogen and oxygen atoms in total. The molecule has 0 spiro atoms. The average Bonchev–Trinajstić information content (AvgIpc) is 2.77. The molecule has 0 bridgehead atoms. The molecule has 0 amide bonds. The van der Waals surface area contributed by atoms with E-state index in [4.69, 9.17) is 16.0 Å². The first-order valence-electron chi connectivity index (χ1n) is 5.19. The highest BCUT2D eigenvalue weighted by atomic mass is 35.5. The fraction of sp³-hybridized carbons (Fsp3) is 0.364. The second-order valence-electron chi connectivity index (χ2n) is 3.86. The molecule has 0 aromatic carbocycles. The molecule has 0 atom stereocenters. The van der Waals surface area contributed by atoms with Crippen molar-refractivity contribution in [2.45, 2.75) is 36.9 Å². The lowest BCUT2D eigenvalue weighted by atomic mass is 10.2. The van der Waals surface area contributed by atoms with Crippen molar-refractivity contribution in [3.63, 3.8) is 0 Å². The van der Waals surface area contributed by atoms with Crippen LogP contribution in [0.5, 0.6) is 0 Å². The summed E-state index contributed by atoms with van der Waals surface area (Å²) in [6.07, 6.45) is 3.13. The van der Waals surface area contributed by atoms with Gasteiger partial charge in [-0.1, -0.05) is 25.4 Å². The Labute approximate surface area is 109 Å². The van der Waals surface area contributed by atoms with Crippen molar-refractivity contribution in [1.29, 1.82) is 0 Å². The fourth-order valence-electron chi connectivity index (χ4n) is 1.19. The van der Waals surface area contributed by atoms with Gasteiger partial charge in [0.15, 0.2) is 0 Å². The number of rotatable bonds is 3. The number of oxazole rings is 1. The maximum Gasteiger partial charge on any atom is 0.261 e. The number of nitrogens with zero attached hydrogens (tertiary/aromatic N) is 3. The van der Waals surface area contributed by atoms with E-state index in [2.05, 4.69) is 15.0 Å². The topological polar surface area (TPSA) is 51.8 Å². The Kier molecular flexibility index (Phi) is 3.69. The van der Waals surface area contributed by atoms with Gasteiger partial charge < -0.3 is 4.42 Å². The van der Waals surface area contributed by atoms with Gasteiger partial charge in [0, 0.05) is 11.5 Å². The van der Waals surface area contributed by atoms with Crippen LogP contribution in [0.3, 0.4) is 0 Å². The molecule has 17 heavy (non-hydrogen) atoms. The number of halogens is 1. The molecular weight excluding hydrogens is 258 g/mol. The first-order chi connectivity index (χ1) is 8.08. The van der Waals surface area contributed by atoms with Gasteiger partial charge in [-0.25, -0.2) is 15.0 Å². The summed E-state index contributed by atoms with van der Waals surface area (Å²) in [4.78, 5) is 12.8. The normalized spacial score (nSPS) is 11.1. The van der Waals surface area contributed by atoms with Crippen LogP contribution < -0.4 is 0 Å². The Balaban J connectivity index is 2.38. The minimum absolute atomic E-state index is 0.233. The molecule has 6 heteroatoms. The van der Waals surface area contributed by atoms with Crippen LogP contribution in [0.1, 0.15) is 31.2 Å². The molecule has 0 aliphatic carbocycles. The standard InChI is InChI=1S/C11H12ClN3OS/c1-6(2)9-14-8(12)7(3)10(15-9)17-11-13-4-5-16-11/h4-6H,1-3H3. The predicted molar refractivity (Wildman–Crippen MR) is 66.5 cm³/mol. The molecule has 2 heterocycles. The monoisotopic (exact) mass is 269 g/mol. The third-order valence-corrected chi connectivity index (χ3v) is 3.50. The zero-order valence-electron chi connectivity index (χ0n) is 9.77. The summed E-state index contributed by atoms with van der Waals surface area (Å²) in [5, 5.41) is 1.83. The van der Waals surface area contributed by atoms with Crippen molar-refractivity contribution >= 4 is 23.4 Å². The van der Waals surface area contributed by atoms with E-state index in [-0.39, 0.29) is 5.92 Å². The maximum absolute atomic E-state index is 6.09. The Bertz CT molecular complexity index is 514. The van der Waals surface area contributed by atoms with E-state index < -0.39 is 0 Å². The van der Waals surface area contributed by atoms with Crippen LogP contribution in [-0.2, 0) is 0 Å². The minimum atomic E-state index is 0.233. The maximum atomic E-state index is 6.09. The summed E-state index contributed by atoms with van der Waals surface area (Å²) in [5.41, 5.74) is 0.847. The Morgan fingerprint density at radius 1 is 1.35 bits per heavy atom. The van der Waals surface area contributed by atoms with Crippen molar-refractivity contribution < 1.29 is 4.42 Å². The first kappa shape index (κ1) is 12.4. The van der Waals surface area contributed by atoms with Gasteiger partial charge in [0.1, 0.15) is 22.3 Å². The number of aromatic nitrogens is 3. The summed E-state index contributed by atoms with van der Waals surface area (Å²) in [6.45, 7) is 5.94.